The third-order valence-corrected chi connectivity index (χ3v) is 5.38. The van der Waals surface area contributed by atoms with Crippen molar-refractivity contribution in [2.24, 2.45) is 0 Å². The summed E-state index contributed by atoms with van der Waals surface area (Å²) in [6, 6.07) is 12.7. The normalized spacial score (nSPS) is 11.7. The number of halogens is 3. The molecule has 8 nitrogen and oxygen atoms in total. The van der Waals surface area contributed by atoms with Crippen LogP contribution in [0.25, 0.3) is 27.8 Å². The lowest BCUT2D eigenvalue weighted by Gasteiger charge is -2.11. The number of benzene rings is 2. The number of pyridine rings is 1. The van der Waals surface area contributed by atoms with Crippen molar-refractivity contribution in [2.45, 2.75) is 12.9 Å². The van der Waals surface area contributed by atoms with Crippen molar-refractivity contribution in [2.75, 3.05) is 7.11 Å². The van der Waals surface area contributed by atoms with Crippen LogP contribution in [0.1, 0.15) is 5.56 Å². The van der Waals surface area contributed by atoms with E-state index in [1.165, 1.54) is 23.0 Å². The van der Waals surface area contributed by atoms with Gasteiger partial charge in [0.25, 0.3) is 5.56 Å². The van der Waals surface area contributed by atoms with Crippen LogP contribution in [0.4, 0.5) is 13.2 Å². The molecular formula is C24H18F3N5O3. The molecule has 0 bridgehead atoms. The number of rotatable bonds is 6. The molecule has 3 heterocycles. The summed E-state index contributed by atoms with van der Waals surface area (Å²) in [7, 11) is 1.61. The van der Waals surface area contributed by atoms with Crippen molar-refractivity contribution < 1.29 is 22.6 Å². The van der Waals surface area contributed by atoms with E-state index in [-0.39, 0.29) is 11.3 Å². The van der Waals surface area contributed by atoms with Crippen molar-refractivity contribution in [3.05, 3.63) is 89.4 Å². The lowest BCUT2D eigenvalue weighted by molar-refractivity contribution is -0.274. The Kier molecular flexibility index (Phi) is 5.51. The standard InChI is InChI=1S/C24H18F3N5O3/c1-34-18-6-2-15(3-7-18)11-31-12-16(10-30-31)20-13-32(23(33)22-21(20)28-14-29-22)17-4-8-19(9-5-17)35-24(25,26)27/h2-10,12-14H,11H2,1H3,(H,28,29). The highest BCUT2D eigenvalue weighted by Gasteiger charge is 2.31. The second kappa shape index (κ2) is 8.67. The molecule has 1 N–H and O–H groups in total. The molecule has 178 valence electrons. The number of ether oxygens (including phenoxy) is 2. The molecule has 11 heteroatoms. The number of hydrogen-bond donors (Lipinski definition) is 1. The average molecular weight is 481 g/mol. The maximum absolute atomic E-state index is 13.0. The largest absolute Gasteiger partial charge is 0.573 e. The molecule has 0 amide bonds. The summed E-state index contributed by atoms with van der Waals surface area (Å²) in [6.45, 7) is 0.522. The number of aromatic nitrogens is 5. The Morgan fingerprint density at radius 2 is 1.71 bits per heavy atom. The first kappa shape index (κ1) is 22.3. The van der Waals surface area contributed by atoms with Crippen LogP contribution in [0.15, 0.2) is 78.2 Å². The quantitative estimate of drug-likeness (QED) is 0.385. The van der Waals surface area contributed by atoms with E-state index in [1.54, 1.807) is 24.2 Å². The van der Waals surface area contributed by atoms with Crippen LogP contribution in [-0.4, -0.2) is 37.8 Å². The summed E-state index contributed by atoms with van der Waals surface area (Å²) in [5.41, 5.74) is 3.09. The minimum atomic E-state index is -4.80. The molecule has 0 radical (unpaired) electrons. The first-order chi connectivity index (χ1) is 16.8. The smallest absolute Gasteiger partial charge is 0.497 e. The molecule has 0 aliphatic rings. The van der Waals surface area contributed by atoms with Gasteiger partial charge in [0.1, 0.15) is 22.5 Å². The van der Waals surface area contributed by atoms with Crippen LogP contribution in [0.2, 0.25) is 0 Å². The zero-order chi connectivity index (χ0) is 24.6. The summed E-state index contributed by atoms with van der Waals surface area (Å²) in [5, 5.41) is 4.43. The zero-order valence-corrected chi connectivity index (χ0v) is 18.3. The molecule has 0 fully saturated rings. The van der Waals surface area contributed by atoms with Crippen molar-refractivity contribution in [1.82, 2.24) is 24.3 Å². The summed E-state index contributed by atoms with van der Waals surface area (Å²) < 4.78 is 49.6. The van der Waals surface area contributed by atoms with E-state index in [1.807, 2.05) is 30.5 Å². The van der Waals surface area contributed by atoms with Gasteiger partial charge in [-0.3, -0.25) is 14.0 Å². The van der Waals surface area contributed by atoms with Crippen LogP contribution < -0.4 is 15.0 Å². The van der Waals surface area contributed by atoms with Gasteiger partial charge in [-0.15, -0.1) is 13.2 Å². The average Bonchev–Trinajstić information content (AvgIpc) is 3.50. The number of aromatic amines is 1. The van der Waals surface area contributed by atoms with Gasteiger partial charge in [0.15, 0.2) is 0 Å². The topological polar surface area (TPSA) is 87.0 Å². The number of nitrogens with one attached hydrogen (secondary N) is 1. The van der Waals surface area contributed by atoms with Crippen molar-refractivity contribution >= 4 is 11.0 Å². The lowest BCUT2D eigenvalue weighted by Crippen LogP contribution is -2.19. The van der Waals surface area contributed by atoms with Crippen molar-refractivity contribution in [1.29, 1.82) is 0 Å². The number of nitrogens with zero attached hydrogens (tertiary/aromatic N) is 4. The number of hydrogen-bond acceptors (Lipinski definition) is 5. The molecule has 0 atom stereocenters. The molecule has 0 saturated heterocycles. The molecule has 0 aliphatic heterocycles. The molecule has 5 aromatic rings. The van der Waals surface area contributed by atoms with E-state index >= 15 is 0 Å². The first-order valence-electron chi connectivity index (χ1n) is 10.4. The Balaban J connectivity index is 1.50. The van der Waals surface area contributed by atoms with Crippen LogP contribution in [0.3, 0.4) is 0 Å². The fourth-order valence-corrected chi connectivity index (χ4v) is 3.75. The Labute approximate surface area is 196 Å². The summed E-state index contributed by atoms with van der Waals surface area (Å²) >= 11 is 0. The summed E-state index contributed by atoms with van der Waals surface area (Å²) in [4.78, 5) is 20.2. The van der Waals surface area contributed by atoms with Gasteiger partial charge in [0.05, 0.1) is 26.2 Å². The number of imidazole rings is 1. The number of methoxy groups -OCH3 is 1. The highest BCUT2D eigenvalue weighted by molar-refractivity contribution is 5.90. The third-order valence-electron chi connectivity index (χ3n) is 5.38. The molecule has 3 aromatic heterocycles. The highest BCUT2D eigenvalue weighted by atomic mass is 19.4. The number of fused-ring (bicyclic) bond motifs is 1. The molecule has 0 spiro atoms. The maximum Gasteiger partial charge on any atom is 0.573 e. The predicted octanol–water partition coefficient (Wildman–Crippen LogP) is 4.53. The maximum atomic E-state index is 13.0. The first-order valence-corrected chi connectivity index (χ1v) is 10.4. The second-order valence-electron chi connectivity index (χ2n) is 7.66. The van der Waals surface area contributed by atoms with Crippen LogP contribution in [-0.2, 0) is 6.54 Å². The lowest BCUT2D eigenvalue weighted by atomic mass is 10.1. The fraction of sp³-hybridized carbons (Fsp3) is 0.125. The molecule has 2 aromatic carbocycles. The van der Waals surface area contributed by atoms with Crippen LogP contribution in [0, 0.1) is 0 Å². The van der Waals surface area contributed by atoms with Crippen molar-refractivity contribution in [3.8, 4) is 28.3 Å². The Morgan fingerprint density at radius 3 is 2.40 bits per heavy atom. The fourth-order valence-electron chi connectivity index (χ4n) is 3.75. The number of alkyl halides is 3. The van der Waals surface area contributed by atoms with Gasteiger partial charge in [-0.2, -0.15) is 5.10 Å². The molecule has 5 rings (SSSR count). The molecular weight excluding hydrogens is 463 g/mol. The van der Waals surface area contributed by atoms with Gasteiger partial charge in [-0.25, -0.2) is 4.98 Å². The molecule has 35 heavy (non-hydrogen) atoms. The van der Waals surface area contributed by atoms with E-state index in [4.69, 9.17) is 4.74 Å². The third kappa shape index (κ3) is 4.60. The molecule has 0 saturated carbocycles. The van der Waals surface area contributed by atoms with Gasteiger partial charge in [0.2, 0.25) is 0 Å². The van der Waals surface area contributed by atoms with Crippen LogP contribution in [0.5, 0.6) is 11.5 Å². The number of H-pyrrole nitrogens is 1. The monoisotopic (exact) mass is 481 g/mol. The van der Waals surface area contributed by atoms with E-state index in [0.29, 0.717) is 23.3 Å². The SMILES string of the molecule is COc1ccc(Cn2cc(-c3cn(-c4ccc(OC(F)(F)F)cc4)c(=O)c4[nH]cnc34)cn2)cc1. The Hall–Kier alpha value is -4.54. The van der Waals surface area contributed by atoms with E-state index < -0.39 is 11.9 Å². The van der Waals surface area contributed by atoms with E-state index in [0.717, 1.165) is 29.0 Å². The Morgan fingerprint density at radius 1 is 1.00 bits per heavy atom. The van der Waals surface area contributed by atoms with Gasteiger partial charge in [-0.1, -0.05) is 12.1 Å². The molecule has 0 unspecified atom stereocenters. The molecule has 0 aliphatic carbocycles. The van der Waals surface area contributed by atoms with Gasteiger partial charge in [0, 0.05) is 29.2 Å². The zero-order valence-electron chi connectivity index (χ0n) is 18.3. The van der Waals surface area contributed by atoms with Crippen molar-refractivity contribution in [3.63, 3.8) is 0 Å². The minimum Gasteiger partial charge on any atom is -0.497 e. The summed E-state index contributed by atoms with van der Waals surface area (Å²) in [6.07, 6.45) is 1.72. The van der Waals surface area contributed by atoms with Gasteiger partial charge >= 0.3 is 6.36 Å². The summed E-state index contributed by atoms with van der Waals surface area (Å²) in [5.74, 6) is 0.382. The highest BCUT2D eigenvalue weighted by Crippen LogP contribution is 2.27. The van der Waals surface area contributed by atoms with E-state index in [9.17, 15) is 18.0 Å². The van der Waals surface area contributed by atoms with Crippen LogP contribution >= 0.6 is 0 Å². The predicted molar refractivity (Wildman–Crippen MR) is 122 cm³/mol. The second-order valence-corrected chi connectivity index (χ2v) is 7.66. The van der Waals surface area contributed by atoms with E-state index in [2.05, 4.69) is 19.8 Å². The minimum absolute atomic E-state index is 0.265. The van der Waals surface area contributed by atoms with Gasteiger partial charge in [-0.05, 0) is 42.0 Å². The Bertz CT molecular complexity index is 1530. The van der Waals surface area contributed by atoms with Gasteiger partial charge < -0.3 is 14.5 Å².